The van der Waals surface area contributed by atoms with Crippen molar-refractivity contribution < 1.29 is 14.3 Å². The lowest BCUT2D eigenvalue weighted by Crippen LogP contribution is -2.55. The van der Waals surface area contributed by atoms with E-state index in [0.717, 1.165) is 32.6 Å². The van der Waals surface area contributed by atoms with Crippen molar-refractivity contribution in [2.75, 3.05) is 36.8 Å². The second-order valence-electron chi connectivity index (χ2n) is 5.83. The topological polar surface area (TPSA) is 69.8 Å². The van der Waals surface area contributed by atoms with Gasteiger partial charge in [0.25, 0.3) is 0 Å². The number of benzene rings is 1. The molecule has 1 unspecified atom stereocenters. The molecule has 2 saturated heterocycles. The first-order valence-corrected chi connectivity index (χ1v) is 7.37. The van der Waals surface area contributed by atoms with Crippen molar-refractivity contribution in [1.29, 1.82) is 0 Å². The van der Waals surface area contributed by atoms with Gasteiger partial charge in [-0.15, -0.1) is 0 Å². The Morgan fingerprint density at radius 3 is 2.86 bits per heavy atom. The lowest BCUT2D eigenvalue weighted by Gasteiger charge is -2.45. The van der Waals surface area contributed by atoms with Gasteiger partial charge in [0.15, 0.2) is 0 Å². The zero-order valence-electron chi connectivity index (χ0n) is 11.9. The molecule has 1 atom stereocenters. The van der Waals surface area contributed by atoms with E-state index in [0.29, 0.717) is 17.4 Å². The van der Waals surface area contributed by atoms with Gasteiger partial charge >= 0.3 is 5.97 Å². The van der Waals surface area contributed by atoms with Gasteiger partial charge in [-0.05, 0) is 25.5 Å². The maximum Gasteiger partial charge on any atom is 0.338 e. The van der Waals surface area contributed by atoms with E-state index < -0.39 is 11.8 Å². The number of carbonyl (C=O) groups is 1. The van der Waals surface area contributed by atoms with Crippen molar-refractivity contribution in [2.45, 2.75) is 25.3 Å². The van der Waals surface area contributed by atoms with Crippen LogP contribution in [0.2, 0.25) is 0 Å². The van der Waals surface area contributed by atoms with Crippen molar-refractivity contribution in [2.24, 2.45) is 0 Å². The molecule has 0 bridgehead atoms. The van der Waals surface area contributed by atoms with Crippen LogP contribution >= 0.6 is 0 Å². The van der Waals surface area contributed by atoms with Crippen LogP contribution in [0.15, 0.2) is 12.1 Å². The molecule has 0 radical (unpaired) electrons. The van der Waals surface area contributed by atoms with Crippen LogP contribution in [0.5, 0.6) is 0 Å². The molecule has 0 spiro atoms. The number of carboxylic acids is 1. The number of carboxylic acid groups (broad SMARTS) is 1. The Bertz CT molecular complexity index is 564. The summed E-state index contributed by atoms with van der Waals surface area (Å²) in [6, 6.07) is 2.98. The third kappa shape index (κ3) is 2.68. The monoisotopic (exact) mass is 293 g/mol. The van der Waals surface area contributed by atoms with E-state index in [1.807, 2.05) is 0 Å². The van der Waals surface area contributed by atoms with E-state index in [1.54, 1.807) is 0 Å². The maximum absolute atomic E-state index is 13.9. The van der Waals surface area contributed by atoms with Crippen LogP contribution in [-0.2, 0) is 0 Å². The van der Waals surface area contributed by atoms with Crippen molar-refractivity contribution in [3.63, 3.8) is 0 Å². The molecule has 0 saturated carbocycles. The van der Waals surface area contributed by atoms with Crippen LogP contribution in [-0.4, -0.2) is 48.2 Å². The Hall–Kier alpha value is -1.82. The standard InChI is InChI=1S/C15H20FN3O2/c16-12-8-14(13(17)7-11(12)15(20)21)19-6-5-18-4-2-1-3-10(18)9-19/h7-8,10H,1-6,9,17H2,(H,20,21). The van der Waals surface area contributed by atoms with Crippen molar-refractivity contribution in [3.05, 3.63) is 23.5 Å². The number of nitrogens with two attached hydrogens (primary N) is 1. The zero-order valence-corrected chi connectivity index (χ0v) is 11.9. The number of hydrogen-bond acceptors (Lipinski definition) is 4. The second-order valence-corrected chi connectivity index (χ2v) is 5.83. The SMILES string of the molecule is Nc1cc(C(=O)O)c(F)cc1N1CCN2CCCCC2C1. The predicted octanol–water partition coefficient (Wildman–Crippen LogP) is 1.78. The summed E-state index contributed by atoms with van der Waals surface area (Å²) in [5.74, 6) is -2.01. The highest BCUT2D eigenvalue weighted by atomic mass is 19.1. The van der Waals surface area contributed by atoms with E-state index in [2.05, 4.69) is 9.80 Å². The number of aromatic carboxylic acids is 1. The summed E-state index contributed by atoms with van der Waals surface area (Å²) in [5, 5.41) is 8.93. The van der Waals surface area contributed by atoms with Gasteiger partial charge < -0.3 is 15.7 Å². The van der Waals surface area contributed by atoms with E-state index in [4.69, 9.17) is 10.8 Å². The number of fused-ring (bicyclic) bond motifs is 1. The highest BCUT2D eigenvalue weighted by Crippen LogP contribution is 2.30. The smallest absolute Gasteiger partial charge is 0.338 e. The number of halogens is 1. The van der Waals surface area contributed by atoms with Gasteiger partial charge in [0.2, 0.25) is 0 Å². The van der Waals surface area contributed by atoms with Gasteiger partial charge in [-0.3, -0.25) is 4.90 Å². The Morgan fingerprint density at radius 2 is 2.10 bits per heavy atom. The number of anilines is 2. The summed E-state index contributed by atoms with van der Waals surface area (Å²) < 4.78 is 13.9. The predicted molar refractivity (Wildman–Crippen MR) is 79.2 cm³/mol. The molecule has 2 heterocycles. The molecule has 5 nitrogen and oxygen atoms in total. The fourth-order valence-electron chi connectivity index (χ4n) is 3.39. The second kappa shape index (κ2) is 5.52. The van der Waals surface area contributed by atoms with Gasteiger partial charge in [0, 0.05) is 31.7 Å². The molecule has 2 fully saturated rings. The third-order valence-corrected chi connectivity index (χ3v) is 4.52. The number of hydrogen-bond donors (Lipinski definition) is 2. The molecule has 114 valence electrons. The summed E-state index contributed by atoms with van der Waals surface area (Å²) in [6.07, 6.45) is 3.64. The van der Waals surface area contributed by atoms with Crippen LogP contribution in [0.25, 0.3) is 0 Å². The molecule has 6 heteroatoms. The van der Waals surface area contributed by atoms with Gasteiger partial charge in [-0.1, -0.05) is 6.42 Å². The van der Waals surface area contributed by atoms with Crippen LogP contribution < -0.4 is 10.6 Å². The van der Waals surface area contributed by atoms with Gasteiger partial charge in [-0.25, -0.2) is 9.18 Å². The highest BCUT2D eigenvalue weighted by Gasteiger charge is 2.30. The molecule has 2 aliphatic rings. The normalized spacial score (nSPS) is 22.9. The number of nitrogens with zero attached hydrogens (tertiary/aromatic N) is 2. The van der Waals surface area contributed by atoms with E-state index >= 15 is 0 Å². The Kier molecular flexibility index (Phi) is 3.71. The third-order valence-electron chi connectivity index (χ3n) is 4.52. The van der Waals surface area contributed by atoms with Crippen molar-refractivity contribution in [3.8, 4) is 0 Å². The highest BCUT2D eigenvalue weighted by molar-refractivity contribution is 5.91. The minimum atomic E-state index is -1.29. The van der Waals surface area contributed by atoms with E-state index in [1.165, 1.54) is 25.0 Å². The molecular weight excluding hydrogens is 273 g/mol. The number of piperazine rings is 1. The summed E-state index contributed by atoms with van der Waals surface area (Å²) in [7, 11) is 0. The molecular formula is C15H20FN3O2. The quantitative estimate of drug-likeness (QED) is 0.813. The summed E-state index contributed by atoms with van der Waals surface area (Å²) in [4.78, 5) is 15.5. The van der Waals surface area contributed by atoms with Crippen molar-refractivity contribution in [1.82, 2.24) is 4.90 Å². The first kappa shape index (κ1) is 14.1. The van der Waals surface area contributed by atoms with Crippen LogP contribution in [0.1, 0.15) is 29.6 Å². The molecule has 3 N–H and O–H groups in total. The summed E-state index contributed by atoms with van der Waals surface area (Å²) in [6.45, 7) is 3.72. The van der Waals surface area contributed by atoms with E-state index in [9.17, 15) is 9.18 Å². The molecule has 1 aromatic rings. The molecule has 3 rings (SSSR count). The van der Waals surface area contributed by atoms with Crippen LogP contribution in [0, 0.1) is 5.82 Å². The average Bonchev–Trinajstić information content (AvgIpc) is 2.48. The molecule has 21 heavy (non-hydrogen) atoms. The van der Waals surface area contributed by atoms with Gasteiger partial charge in [0.1, 0.15) is 5.82 Å². The summed E-state index contributed by atoms with van der Waals surface area (Å²) >= 11 is 0. The Labute approximate surface area is 123 Å². The zero-order chi connectivity index (χ0) is 15.0. The van der Waals surface area contributed by atoms with Crippen molar-refractivity contribution >= 4 is 17.3 Å². The molecule has 1 aromatic carbocycles. The Morgan fingerprint density at radius 1 is 1.29 bits per heavy atom. The molecule has 0 amide bonds. The lowest BCUT2D eigenvalue weighted by atomic mass is 9.99. The average molecular weight is 293 g/mol. The number of rotatable bonds is 2. The minimum Gasteiger partial charge on any atom is -0.478 e. The van der Waals surface area contributed by atoms with Crippen LogP contribution in [0.4, 0.5) is 15.8 Å². The fraction of sp³-hybridized carbons (Fsp3) is 0.533. The molecule has 0 aliphatic carbocycles. The molecule has 2 aliphatic heterocycles. The maximum atomic E-state index is 13.9. The fourth-order valence-corrected chi connectivity index (χ4v) is 3.39. The number of nitrogen functional groups attached to an aromatic ring is 1. The lowest BCUT2D eigenvalue weighted by molar-refractivity contribution is 0.0692. The minimum absolute atomic E-state index is 0.332. The summed E-state index contributed by atoms with van der Waals surface area (Å²) in [5.41, 5.74) is 6.52. The number of piperidine rings is 1. The largest absolute Gasteiger partial charge is 0.478 e. The first-order chi connectivity index (χ1) is 10.1. The molecule has 0 aromatic heterocycles. The van der Waals surface area contributed by atoms with E-state index in [-0.39, 0.29) is 5.56 Å². The van der Waals surface area contributed by atoms with Gasteiger partial charge in [-0.2, -0.15) is 0 Å². The van der Waals surface area contributed by atoms with Crippen LogP contribution in [0.3, 0.4) is 0 Å². The first-order valence-electron chi connectivity index (χ1n) is 7.37. The Balaban J connectivity index is 1.84. The van der Waals surface area contributed by atoms with Gasteiger partial charge in [0.05, 0.1) is 16.9 Å².